The highest BCUT2D eigenvalue weighted by molar-refractivity contribution is 7.94. The van der Waals surface area contributed by atoms with Gasteiger partial charge in [0.25, 0.3) is 10.0 Å². The fourth-order valence-electron chi connectivity index (χ4n) is 1.90. The van der Waals surface area contributed by atoms with Crippen molar-refractivity contribution in [3.63, 3.8) is 0 Å². The Bertz CT molecular complexity index is 708. The zero-order valence-corrected chi connectivity index (χ0v) is 12.7. The van der Waals surface area contributed by atoms with Crippen molar-refractivity contribution in [2.45, 2.75) is 20.9 Å². The summed E-state index contributed by atoms with van der Waals surface area (Å²) in [4.78, 5) is 0. The quantitative estimate of drug-likeness (QED) is 0.629. The first-order valence-electron chi connectivity index (χ1n) is 5.63. The molecular formula is C9H14N2O6S3. The summed E-state index contributed by atoms with van der Waals surface area (Å²) in [6.45, 7) is -0.296. The third kappa shape index (κ3) is 2.74. The molecule has 0 saturated carbocycles. The van der Waals surface area contributed by atoms with E-state index >= 15 is 0 Å². The number of aliphatic hydroxyl groups excluding tert-OH is 2. The average molecular weight is 342 g/mol. The van der Waals surface area contributed by atoms with Crippen LogP contribution in [0.3, 0.4) is 0 Å². The Kier molecular flexibility index (Phi) is 4.22. The number of nitrogens with zero attached hydrogens (tertiary/aromatic N) is 1. The van der Waals surface area contributed by atoms with Gasteiger partial charge in [-0.2, -0.15) is 4.31 Å². The standard InChI is InChI=1S/C9H14N2O6S3/c10-19(14,15)8-4-6-7(13)5-11(2-1-3-12)20(16,17)9(6)18-8/h4,7,12-13H,1-3,5H2,(H2,10,14,15). The van der Waals surface area contributed by atoms with Gasteiger partial charge in [0.05, 0.1) is 6.10 Å². The highest BCUT2D eigenvalue weighted by Gasteiger charge is 2.39. The van der Waals surface area contributed by atoms with Gasteiger partial charge >= 0.3 is 0 Å². The zero-order chi connectivity index (χ0) is 15.1. The molecule has 1 atom stereocenters. The van der Waals surface area contributed by atoms with Crippen molar-refractivity contribution >= 4 is 31.4 Å². The summed E-state index contributed by atoms with van der Waals surface area (Å²) in [5, 5.41) is 23.7. The van der Waals surface area contributed by atoms with E-state index < -0.39 is 26.2 Å². The van der Waals surface area contributed by atoms with Crippen molar-refractivity contribution in [3.8, 4) is 0 Å². The van der Waals surface area contributed by atoms with Gasteiger partial charge in [-0.25, -0.2) is 22.0 Å². The van der Waals surface area contributed by atoms with Crippen LogP contribution in [0.25, 0.3) is 0 Å². The van der Waals surface area contributed by atoms with Crippen molar-refractivity contribution in [1.29, 1.82) is 0 Å². The molecule has 0 bridgehead atoms. The Labute approximate surface area is 120 Å². The first-order chi connectivity index (χ1) is 9.17. The molecule has 1 unspecified atom stereocenters. The van der Waals surface area contributed by atoms with E-state index in [9.17, 15) is 21.9 Å². The SMILES string of the molecule is NS(=O)(=O)c1cc2c(s1)S(=O)(=O)N(CCCO)CC2O. The highest BCUT2D eigenvalue weighted by Crippen LogP contribution is 2.39. The summed E-state index contributed by atoms with van der Waals surface area (Å²) >= 11 is 0.525. The van der Waals surface area contributed by atoms with Gasteiger partial charge in [0.2, 0.25) is 10.0 Å². The molecule has 1 aromatic heterocycles. The number of fused-ring (bicyclic) bond motifs is 1. The molecule has 0 amide bonds. The largest absolute Gasteiger partial charge is 0.396 e. The van der Waals surface area contributed by atoms with Gasteiger partial charge in [0, 0.05) is 25.3 Å². The van der Waals surface area contributed by atoms with Crippen molar-refractivity contribution < 1.29 is 27.0 Å². The molecule has 8 nitrogen and oxygen atoms in total. The van der Waals surface area contributed by atoms with Crippen molar-refractivity contribution in [2.75, 3.05) is 19.7 Å². The molecular weight excluding hydrogens is 328 g/mol. The lowest BCUT2D eigenvalue weighted by Gasteiger charge is -2.29. The van der Waals surface area contributed by atoms with Crippen molar-refractivity contribution in [3.05, 3.63) is 11.6 Å². The maximum Gasteiger partial charge on any atom is 0.253 e. The van der Waals surface area contributed by atoms with E-state index in [1.807, 2.05) is 0 Å². The Hall–Kier alpha value is -0.560. The van der Waals surface area contributed by atoms with Gasteiger partial charge in [0.15, 0.2) is 0 Å². The molecule has 20 heavy (non-hydrogen) atoms. The van der Waals surface area contributed by atoms with Crippen LogP contribution in [0, 0.1) is 0 Å². The van der Waals surface area contributed by atoms with Crippen LogP contribution < -0.4 is 5.14 Å². The Morgan fingerprint density at radius 1 is 1.50 bits per heavy atom. The second kappa shape index (κ2) is 5.33. The number of nitrogens with two attached hydrogens (primary N) is 1. The monoisotopic (exact) mass is 342 g/mol. The normalized spacial score (nSPS) is 22.6. The fraction of sp³-hybridized carbons (Fsp3) is 0.556. The number of hydrogen-bond acceptors (Lipinski definition) is 7. The first-order valence-corrected chi connectivity index (χ1v) is 9.44. The van der Waals surface area contributed by atoms with Crippen LogP contribution >= 0.6 is 11.3 Å². The minimum Gasteiger partial charge on any atom is -0.396 e. The van der Waals surface area contributed by atoms with E-state index in [0.717, 1.165) is 10.4 Å². The Morgan fingerprint density at radius 3 is 2.70 bits per heavy atom. The van der Waals surface area contributed by atoms with E-state index in [1.165, 1.54) is 0 Å². The number of rotatable bonds is 4. The summed E-state index contributed by atoms with van der Waals surface area (Å²) in [6, 6.07) is 1.10. The van der Waals surface area contributed by atoms with Gasteiger partial charge in [-0.15, -0.1) is 11.3 Å². The van der Waals surface area contributed by atoms with Gasteiger partial charge < -0.3 is 10.2 Å². The number of primary sulfonamides is 1. The lowest BCUT2D eigenvalue weighted by molar-refractivity contribution is 0.136. The van der Waals surface area contributed by atoms with Crippen LogP contribution in [0.15, 0.2) is 14.5 Å². The summed E-state index contributed by atoms with van der Waals surface area (Å²) < 4.78 is 47.7. The minimum absolute atomic E-state index is 0.0535. The van der Waals surface area contributed by atoms with Gasteiger partial charge in [-0.05, 0) is 12.5 Å². The third-order valence-electron chi connectivity index (χ3n) is 2.86. The molecule has 0 radical (unpaired) electrons. The summed E-state index contributed by atoms with van der Waals surface area (Å²) in [7, 11) is -7.89. The molecule has 1 aliphatic rings. The maximum absolute atomic E-state index is 12.3. The molecule has 2 heterocycles. The number of hydrogen-bond donors (Lipinski definition) is 3. The lowest BCUT2D eigenvalue weighted by atomic mass is 10.2. The van der Waals surface area contributed by atoms with Crippen LogP contribution in [0.1, 0.15) is 18.1 Å². The summed E-state index contributed by atoms with van der Waals surface area (Å²) in [5.74, 6) is 0. The minimum atomic E-state index is -4.02. The van der Waals surface area contributed by atoms with Crippen molar-refractivity contribution in [1.82, 2.24) is 4.31 Å². The van der Waals surface area contributed by atoms with E-state index in [0.29, 0.717) is 11.3 Å². The third-order valence-corrected chi connectivity index (χ3v) is 7.82. The van der Waals surface area contributed by atoms with Gasteiger partial charge in [0.1, 0.15) is 8.42 Å². The first kappa shape index (κ1) is 15.8. The number of aliphatic hydroxyl groups is 2. The average Bonchev–Trinajstić information content (AvgIpc) is 2.78. The van der Waals surface area contributed by atoms with Gasteiger partial charge in [-0.3, -0.25) is 0 Å². The molecule has 11 heteroatoms. The molecule has 114 valence electrons. The summed E-state index contributed by atoms with van der Waals surface area (Å²) in [6.07, 6.45) is -0.881. The maximum atomic E-state index is 12.3. The predicted octanol–water partition coefficient (Wildman–Crippen LogP) is -1.18. The second-order valence-corrected chi connectivity index (χ2v) is 9.28. The molecule has 1 aliphatic heterocycles. The molecule has 0 aliphatic carbocycles. The fourth-order valence-corrected chi connectivity index (χ4v) is 6.19. The van der Waals surface area contributed by atoms with Crippen molar-refractivity contribution in [2.24, 2.45) is 5.14 Å². The zero-order valence-electron chi connectivity index (χ0n) is 10.3. The Morgan fingerprint density at radius 2 is 2.15 bits per heavy atom. The molecule has 0 aromatic carbocycles. The van der Waals surface area contributed by atoms with E-state index in [1.54, 1.807) is 0 Å². The predicted molar refractivity (Wildman–Crippen MR) is 71.1 cm³/mol. The molecule has 2 rings (SSSR count). The second-order valence-electron chi connectivity index (χ2n) is 4.31. The molecule has 0 saturated heterocycles. The van der Waals surface area contributed by atoms with Gasteiger partial charge in [-0.1, -0.05) is 0 Å². The molecule has 1 aromatic rings. The van der Waals surface area contributed by atoms with E-state index in [2.05, 4.69) is 0 Å². The van der Waals surface area contributed by atoms with Crippen LogP contribution in [0.5, 0.6) is 0 Å². The molecule has 0 spiro atoms. The number of thiophene rings is 1. The summed E-state index contributed by atoms with van der Waals surface area (Å²) in [5.41, 5.74) is 0.0549. The highest BCUT2D eigenvalue weighted by atomic mass is 32.3. The van der Waals surface area contributed by atoms with Crippen LogP contribution in [-0.2, 0) is 20.0 Å². The number of sulfonamides is 2. The topological polar surface area (TPSA) is 138 Å². The van der Waals surface area contributed by atoms with Crippen LogP contribution in [-0.4, -0.2) is 51.1 Å². The van der Waals surface area contributed by atoms with Crippen LogP contribution in [0.4, 0.5) is 0 Å². The van der Waals surface area contributed by atoms with E-state index in [-0.39, 0.29) is 40.1 Å². The number of β-amino-alcohol motifs (C(OH)–C–C–N with tert-alkyl or cyclic N) is 1. The molecule has 4 N–H and O–H groups in total. The smallest absolute Gasteiger partial charge is 0.253 e. The van der Waals surface area contributed by atoms with E-state index in [4.69, 9.17) is 10.2 Å². The lowest BCUT2D eigenvalue weighted by Crippen LogP contribution is -2.39. The molecule has 0 fully saturated rings. The van der Waals surface area contributed by atoms with Crippen LogP contribution in [0.2, 0.25) is 0 Å². The Balaban J connectivity index is 2.51.